The van der Waals surface area contributed by atoms with Crippen molar-refractivity contribution < 1.29 is 4.43 Å². The minimum Gasteiger partial charge on any atom is -0.400 e. The van der Waals surface area contributed by atoms with Crippen molar-refractivity contribution in [3.63, 3.8) is 0 Å². The molecule has 0 aliphatic carbocycles. The summed E-state index contributed by atoms with van der Waals surface area (Å²) in [5, 5.41) is 0. The molecule has 0 bridgehead atoms. The van der Waals surface area contributed by atoms with E-state index < -0.39 is 8.32 Å². The van der Waals surface area contributed by atoms with Crippen LogP contribution in [0.25, 0.3) is 0 Å². The number of rotatable bonds is 3. The third-order valence-electron chi connectivity index (χ3n) is 2.83. The van der Waals surface area contributed by atoms with E-state index in [1.807, 2.05) is 37.3 Å². The highest BCUT2D eigenvalue weighted by molar-refractivity contribution is 6.69. The van der Waals surface area contributed by atoms with Gasteiger partial charge in [-0.25, -0.2) is 0 Å². The fraction of sp³-hybridized carbons (Fsp3) is 0.278. The highest BCUT2D eigenvalue weighted by Gasteiger charge is 2.20. The van der Waals surface area contributed by atoms with Gasteiger partial charge >= 0.3 is 0 Å². The van der Waals surface area contributed by atoms with Crippen molar-refractivity contribution in [2.75, 3.05) is 0 Å². The van der Waals surface area contributed by atoms with Crippen LogP contribution in [0.4, 0.5) is 0 Å². The Morgan fingerprint density at radius 3 is 2.33 bits per heavy atom. The number of nitrogens with zero attached hydrogens (tertiary/aromatic N) is 1. The largest absolute Gasteiger partial charge is 0.400 e. The summed E-state index contributed by atoms with van der Waals surface area (Å²) >= 11 is 0. The van der Waals surface area contributed by atoms with E-state index in [1.54, 1.807) is 6.20 Å². The molecule has 108 valence electrons. The van der Waals surface area contributed by atoms with Gasteiger partial charge in [0.1, 0.15) is 6.10 Å². The van der Waals surface area contributed by atoms with E-state index in [-0.39, 0.29) is 6.10 Å². The number of aryl methyl sites for hydroxylation is 1. The van der Waals surface area contributed by atoms with Crippen molar-refractivity contribution in [3.05, 3.63) is 65.5 Å². The van der Waals surface area contributed by atoms with Crippen molar-refractivity contribution in [2.24, 2.45) is 0 Å². The minimum absolute atomic E-state index is 0.181. The molecule has 0 aliphatic rings. The molecular formula is C18H21NOSi. The molecule has 1 aromatic carbocycles. The fourth-order valence-corrected chi connectivity index (χ4v) is 2.75. The highest BCUT2D eigenvalue weighted by Crippen LogP contribution is 2.21. The molecule has 3 heteroatoms. The predicted octanol–water partition coefficient (Wildman–Crippen LogP) is 4.33. The van der Waals surface area contributed by atoms with E-state index in [0.29, 0.717) is 0 Å². The van der Waals surface area contributed by atoms with Crippen LogP contribution in [0.2, 0.25) is 19.6 Å². The molecule has 2 aromatic rings. The Kier molecular flexibility index (Phi) is 4.95. The van der Waals surface area contributed by atoms with Crippen LogP contribution in [0.15, 0.2) is 48.7 Å². The second-order valence-corrected chi connectivity index (χ2v) is 10.4. The second kappa shape index (κ2) is 6.71. The van der Waals surface area contributed by atoms with Crippen LogP contribution < -0.4 is 0 Å². The van der Waals surface area contributed by atoms with Gasteiger partial charge in [0.15, 0.2) is 8.32 Å². The average Bonchev–Trinajstić information content (AvgIpc) is 2.45. The maximum atomic E-state index is 6.21. The van der Waals surface area contributed by atoms with Gasteiger partial charge in [0.2, 0.25) is 0 Å². The van der Waals surface area contributed by atoms with Crippen molar-refractivity contribution in [1.82, 2.24) is 4.98 Å². The number of pyridine rings is 1. The summed E-state index contributed by atoms with van der Waals surface area (Å²) in [6.07, 6.45) is 1.62. The summed E-state index contributed by atoms with van der Waals surface area (Å²) in [6, 6.07) is 14.1. The molecule has 2 rings (SSSR count). The van der Waals surface area contributed by atoms with Gasteiger partial charge in [0, 0.05) is 17.5 Å². The van der Waals surface area contributed by atoms with Crippen LogP contribution in [-0.4, -0.2) is 13.3 Å². The maximum Gasteiger partial charge on any atom is 0.185 e. The molecule has 0 spiro atoms. The van der Waals surface area contributed by atoms with Crippen molar-refractivity contribution in [3.8, 4) is 11.8 Å². The molecule has 1 unspecified atom stereocenters. The minimum atomic E-state index is -1.67. The number of aromatic nitrogens is 1. The number of hydrogen-bond donors (Lipinski definition) is 0. The molecule has 0 fully saturated rings. The van der Waals surface area contributed by atoms with E-state index in [1.165, 1.54) is 0 Å². The molecule has 21 heavy (non-hydrogen) atoms. The van der Waals surface area contributed by atoms with Gasteiger partial charge in [-0.1, -0.05) is 42.2 Å². The van der Waals surface area contributed by atoms with Crippen molar-refractivity contribution >= 4 is 8.32 Å². The quantitative estimate of drug-likeness (QED) is 0.621. The Balaban J connectivity index is 2.27. The molecule has 0 N–H and O–H groups in total. The molecule has 0 amide bonds. The summed E-state index contributed by atoms with van der Waals surface area (Å²) in [5.74, 6) is 6.43. The Morgan fingerprint density at radius 2 is 1.76 bits per heavy atom. The third-order valence-corrected chi connectivity index (χ3v) is 3.78. The SMILES string of the molecule is Cc1ccc(C#CC(O[Si](C)(C)C)c2ccccc2)cn1. The van der Waals surface area contributed by atoms with Gasteiger partial charge in [-0.05, 0) is 44.3 Å². The summed E-state index contributed by atoms with van der Waals surface area (Å²) in [5.41, 5.74) is 3.02. The maximum absolute atomic E-state index is 6.21. The summed E-state index contributed by atoms with van der Waals surface area (Å²) in [7, 11) is -1.67. The molecular weight excluding hydrogens is 274 g/mol. The fourth-order valence-electron chi connectivity index (χ4n) is 1.85. The van der Waals surface area contributed by atoms with Crippen LogP contribution in [0.5, 0.6) is 0 Å². The first-order valence-corrected chi connectivity index (χ1v) is 10.5. The first-order valence-electron chi connectivity index (χ1n) is 7.11. The topological polar surface area (TPSA) is 22.1 Å². The zero-order chi connectivity index (χ0) is 15.3. The molecule has 1 aromatic heterocycles. The molecule has 0 aliphatic heterocycles. The zero-order valence-electron chi connectivity index (χ0n) is 13.1. The lowest BCUT2D eigenvalue weighted by Gasteiger charge is -2.23. The Labute approximate surface area is 128 Å². The normalized spacial score (nSPS) is 12.4. The Hall–Kier alpha value is -1.89. The van der Waals surface area contributed by atoms with E-state index in [2.05, 4.69) is 48.6 Å². The summed E-state index contributed by atoms with van der Waals surface area (Å²) < 4.78 is 6.21. The number of hydrogen-bond acceptors (Lipinski definition) is 2. The van der Waals surface area contributed by atoms with Gasteiger partial charge in [0.05, 0.1) is 0 Å². The smallest absolute Gasteiger partial charge is 0.185 e. The zero-order valence-corrected chi connectivity index (χ0v) is 14.1. The molecule has 0 radical (unpaired) electrons. The van der Waals surface area contributed by atoms with E-state index >= 15 is 0 Å². The van der Waals surface area contributed by atoms with Crippen LogP contribution in [0.3, 0.4) is 0 Å². The lowest BCUT2D eigenvalue weighted by molar-refractivity contribution is 0.257. The highest BCUT2D eigenvalue weighted by atomic mass is 28.4. The predicted molar refractivity (Wildman–Crippen MR) is 89.5 cm³/mol. The summed E-state index contributed by atoms with van der Waals surface area (Å²) in [4.78, 5) is 4.27. The van der Waals surface area contributed by atoms with Crippen LogP contribution in [-0.2, 0) is 4.43 Å². The Morgan fingerprint density at radius 1 is 1.05 bits per heavy atom. The summed E-state index contributed by atoms with van der Waals surface area (Å²) in [6.45, 7) is 8.51. The Bertz CT molecular complexity index is 633. The lowest BCUT2D eigenvalue weighted by Crippen LogP contribution is -2.27. The monoisotopic (exact) mass is 295 g/mol. The lowest BCUT2D eigenvalue weighted by atomic mass is 10.1. The van der Waals surface area contributed by atoms with Gasteiger partial charge in [0.25, 0.3) is 0 Å². The average molecular weight is 295 g/mol. The van der Waals surface area contributed by atoms with Crippen LogP contribution in [0, 0.1) is 18.8 Å². The van der Waals surface area contributed by atoms with E-state index in [9.17, 15) is 0 Å². The van der Waals surface area contributed by atoms with Gasteiger partial charge < -0.3 is 4.43 Å². The van der Waals surface area contributed by atoms with Gasteiger partial charge in [-0.15, -0.1) is 0 Å². The molecule has 1 atom stereocenters. The van der Waals surface area contributed by atoms with E-state index in [0.717, 1.165) is 16.8 Å². The molecule has 0 saturated carbocycles. The van der Waals surface area contributed by atoms with Gasteiger partial charge in [-0.2, -0.15) is 0 Å². The third kappa shape index (κ3) is 5.18. The first-order chi connectivity index (χ1) is 9.94. The van der Waals surface area contributed by atoms with Crippen LogP contribution in [0.1, 0.15) is 22.9 Å². The standard InChI is InChI=1S/C18H21NOSi/c1-15-10-11-16(14-19-15)12-13-18(20-21(2,3)4)17-8-6-5-7-9-17/h5-11,14,18H,1-4H3. The van der Waals surface area contributed by atoms with Crippen molar-refractivity contribution in [1.29, 1.82) is 0 Å². The van der Waals surface area contributed by atoms with Crippen LogP contribution >= 0.6 is 0 Å². The van der Waals surface area contributed by atoms with Crippen molar-refractivity contribution in [2.45, 2.75) is 32.7 Å². The number of benzene rings is 1. The first kappa shape index (κ1) is 15.5. The van der Waals surface area contributed by atoms with E-state index in [4.69, 9.17) is 4.43 Å². The molecule has 0 saturated heterocycles. The van der Waals surface area contributed by atoms with Gasteiger partial charge in [-0.3, -0.25) is 4.98 Å². The second-order valence-electron chi connectivity index (χ2n) is 5.98. The molecule has 2 nitrogen and oxygen atoms in total. The molecule has 1 heterocycles.